The van der Waals surface area contributed by atoms with E-state index in [9.17, 15) is 9.59 Å². The molecule has 0 aromatic rings. The van der Waals surface area contributed by atoms with Crippen molar-refractivity contribution in [3.8, 4) is 0 Å². The Labute approximate surface area is 95.9 Å². The molecule has 1 aliphatic carbocycles. The lowest BCUT2D eigenvalue weighted by Gasteiger charge is -2.34. The predicted octanol–water partition coefficient (Wildman–Crippen LogP) is 1.83. The summed E-state index contributed by atoms with van der Waals surface area (Å²) in [5.41, 5.74) is -0.463. The molecule has 16 heavy (non-hydrogen) atoms. The molecule has 0 spiro atoms. The van der Waals surface area contributed by atoms with Crippen LogP contribution in [-0.4, -0.2) is 35.0 Å². The number of carbonyl (C=O) groups excluding carboxylic acids is 2. The fraction of sp³-hybridized carbons (Fsp3) is 0.833. The monoisotopic (exact) mass is 225 g/mol. The van der Waals surface area contributed by atoms with Gasteiger partial charge in [0.1, 0.15) is 11.4 Å². The average Bonchev–Trinajstić information content (AvgIpc) is 2.53. The molecular formula is C12H19NO3. The van der Waals surface area contributed by atoms with Crippen LogP contribution >= 0.6 is 0 Å². The number of hydrogen-bond acceptors (Lipinski definition) is 3. The Kier molecular flexibility index (Phi) is 2.48. The van der Waals surface area contributed by atoms with Gasteiger partial charge in [-0.05, 0) is 40.0 Å². The van der Waals surface area contributed by atoms with Gasteiger partial charge in [-0.25, -0.2) is 4.79 Å². The Morgan fingerprint density at radius 1 is 1.31 bits per heavy atom. The molecule has 3 fully saturated rings. The lowest BCUT2D eigenvalue weighted by molar-refractivity contribution is -0.125. The van der Waals surface area contributed by atoms with Crippen LogP contribution in [0, 0.1) is 11.8 Å². The molecule has 90 valence electrons. The predicted molar refractivity (Wildman–Crippen MR) is 59.0 cm³/mol. The molecule has 4 nitrogen and oxygen atoms in total. The maximum absolute atomic E-state index is 11.9. The van der Waals surface area contributed by atoms with E-state index < -0.39 is 5.60 Å². The smallest absolute Gasteiger partial charge is 0.410 e. The van der Waals surface area contributed by atoms with Crippen molar-refractivity contribution in [1.29, 1.82) is 0 Å². The highest BCUT2D eigenvalue weighted by molar-refractivity contribution is 5.83. The summed E-state index contributed by atoms with van der Waals surface area (Å²) >= 11 is 0. The quantitative estimate of drug-likeness (QED) is 0.684. The summed E-state index contributed by atoms with van der Waals surface area (Å²) < 4.78 is 5.32. The van der Waals surface area contributed by atoms with Gasteiger partial charge in [-0.15, -0.1) is 0 Å². The Morgan fingerprint density at radius 3 is 2.38 bits per heavy atom. The van der Waals surface area contributed by atoms with E-state index in [0.29, 0.717) is 12.5 Å². The van der Waals surface area contributed by atoms with Crippen molar-refractivity contribution in [1.82, 2.24) is 4.90 Å². The van der Waals surface area contributed by atoms with Gasteiger partial charge in [0.2, 0.25) is 0 Å². The minimum Gasteiger partial charge on any atom is -0.444 e. The van der Waals surface area contributed by atoms with E-state index in [1.807, 2.05) is 20.8 Å². The van der Waals surface area contributed by atoms with Gasteiger partial charge in [-0.2, -0.15) is 0 Å². The maximum Gasteiger partial charge on any atom is 0.410 e. The molecule has 0 radical (unpaired) electrons. The third-order valence-corrected chi connectivity index (χ3v) is 3.40. The zero-order valence-electron chi connectivity index (χ0n) is 10.3. The Morgan fingerprint density at radius 2 is 1.94 bits per heavy atom. The summed E-state index contributed by atoms with van der Waals surface area (Å²) in [7, 11) is 0. The Hall–Kier alpha value is -1.06. The largest absolute Gasteiger partial charge is 0.444 e. The Bertz CT molecular complexity index is 332. The van der Waals surface area contributed by atoms with Gasteiger partial charge in [-0.3, -0.25) is 4.79 Å². The molecule has 2 saturated heterocycles. The molecule has 2 bridgehead atoms. The second-order valence-corrected chi connectivity index (χ2v) is 5.83. The number of Topliss-reactive ketones (excluding diaryl/α,β-unsaturated/α-hetero) is 1. The van der Waals surface area contributed by atoms with Crippen molar-refractivity contribution >= 4 is 11.9 Å². The summed E-state index contributed by atoms with van der Waals surface area (Å²) in [6.45, 7) is 7.86. The first-order chi connectivity index (χ1) is 7.29. The van der Waals surface area contributed by atoms with E-state index in [1.54, 1.807) is 11.8 Å². The zero-order valence-corrected chi connectivity index (χ0v) is 10.3. The van der Waals surface area contributed by atoms with Gasteiger partial charge in [0, 0.05) is 18.5 Å². The van der Waals surface area contributed by atoms with E-state index in [-0.39, 0.29) is 23.8 Å². The van der Waals surface area contributed by atoms with Crippen LogP contribution in [0.25, 0.3) is 0 Å². The molecule has 0 aromatic carbocycles. The first-order valence-electron chi connectivity index (χ1n) is 5.79. The van der Waals surface area contributed by atoms with Crippen LogP contribution < -0.4 is 0 Å². The summed E-state index contributed by atoms with van der Waals surface area (Å²) in [5, 5.41) is 0. The minimum atomic E-state index is -0.463. The molecule has 3 aliphatic rings. The van der Waals surface area contributed by atoms with Crippen LogP contribution in [0.1, 0.15) is 34.1 Å². The lowest BCUT2D eigenvalue weighted by Crippen LogP contribution is -2.45. The van der Waals surface area contributed by atoms with Crippen LogP contribution in [-0.2, 0) is 9.53 Å². The fourth-order valence-electron chi connectivity index (χ4n) is 2.75. The van der Waals surface area contributed by atoms with Gasteiger partial charge in [0.05, 0.1) is 0 Å². The Balaban J connectivity index is 1.99. The highest BCUT2D eigenvalue weighted by atomic mass is 16.6. The summed E-state index contributed by atoms with van der Waals surface area (Å²) in [6.07, 6.45) is 0.687. The number of ether oxygens (including phenoxy) is 1. The van der Waals surface area contributed by atoms with Crippen molar-refractivity contribution in [2.75, 3.05) is 6.54 Å². The van der Waals surface area contributed by atoms with Crippen molar-refractivity contribution in [3.63, 3.8) is 0 Å². The summed E-state index contributed by atoms with van der Waals surface area (Å²) in [6, 6.07) is 0.0948. The average molecular weight is 225 g/mol. The molecule has 1 amide bonds. The lowest BCUT2D eigenvalue weighted by atomic mass is 9.72. The fourth-order valence-corrected chi connectivity index (χ4v) is 2.75. The number of ketones is 1. The van der Waals surface area contributed by atoms with Crippen LogP contribution in [0.2, 0.25) is 0 Å². The molecular weight excluding hydrogens is 206 g/mol. The van der Waals surface area contributed by atoms with Crippen LogP contribution in [0.15, 0.2) is 0 Å². The van der Waals surface area contributed by atoms with Gasteiger partial charge < -0.3 is 9.64 Å². The van der Waals surface area contributed by atoms with Gasteiger partial charge >= 0.3 is 6.09 Å². The minimum absolute atomic E-state index is 0.0625. The van der Waals surface area contributed by atoms with Crippen LogP contribution in [0.4, 0.5) is 4.79 Å². The van der Waals surface area contributed by atoms with Crippen molar-refractivity contribution in [2.45, 2.75) is 45.8 Å². The number of nitrogens with zero attached hydrogens (tertiary/aromatic N) is 1. The topological polar surface area (TPSA) is 46.6 Å². The van der Waals surface area contributed by atoms with E-state index in [0.717, 1.165) is 6.42 Å². The zero-order chi connectivity index (χ0) is 12.1. The van der Waals surface area contributed by atoms with E-state index >= 15 is 0 Å². The standard InChI is InChI=1S/C12H19NO3/c1-7(14)10-8-5-9(10)13(6-8)11(15)16-12(2,3)4/h8-10H,5-6H2,1-4H3/t8-,9+,10+/m1/s1. The second kappa shape index (κ2) is 3.47. The van der Waals surface area contributed by atoms with E-state index in [1.165, 1.54) is 0 Å². The van der Waals surface area contributed by atoms with Crippen LogP contribution in [0.3, 0.4) is 0 Å². The number of amides is 1. The normalized spacial score (nSPS) is 32.2. The molecule has 3 atom stereocenters. The highest BCUT2D eigenvalue weighted by Gasteiger charge is 2.56. The molecule has 0 aromatic heterocycles. The van der Waals surface area contributed by atoms with Gasteiger partial charge in [0.15, 0.2) is 0 Å². The van der Waals surface area contributed by atoms with Gasteiger partial charge in [0.25, 0.3) is 0 Å². The molecule has 0 N–H and O–H groups in total. The van der Waals surface area contributed by atoms with E-state index in [4.69, 9.17) is 4.74 Å². The van der Waals surface area contributed by atoms with Gasteiger partial charge in [-0.1, -0.05) is 0 Å². The first-order valence-corrected chi connectivity index (χ1v) is 5.79. The van der Waals surface area contributed by atoms with Crippen molar-refractivity contribution in [3.05, 3.63) is 0 Å². The second-order valence-electron chi connectivity index (χ2n) is 5.83. The summed E-state index contributed by atoms with van der Waals surface area (Å²) in [4.78, 5) is 24.9. The first kappa shape index (κ1) is 11.4. The number of fused-ring (bicyclic) bond motifs is 1. The van der Waals surface area contributed by atoms with E-state index in [2.05, 4.69) is 0 Å². The highest BCUT2D eigenvalue weighted by Crippen LogP contribution is 2.47. The molecule has 2 heterocycles. The third kappa shape index (κ3) is 1.81. The summed E-state index contributed by atoms with van der Waals surface area (Å²) in [5.74, 6) is 0.634. The van der Waals surface area contributed by atoms with Crippen molar-refractivity contribution < 1.29 is 14.3 Å². The number of carbonyl (C=O) groups is 2. The molecule has 0 unspecified atom stereocenters. The number of rotatable bonds is 1. The molecule has 1 saturated carbocycles. The maximum atomic E-state index is 11.9. The SMILES string of the molecule is CC(=O)[C@H]1[C@@H]2C[C@@H]1N(C(=O)OC(C)(C)C)C2. The number of hydrogen-bond donors (Lipinski definition) is 0. The molecule has 3 rings (SSSR count). The van der Waals surface area contributed by atoms with Crippen molar-refractivity contribution in [2.24, 2.45) is 11.8 Å². The van der Waals surface area contributed by atoms with Crippen LogP contribution in [0.5, 0.6) is 0 Å². The molecule has 2 aliphatic heterocycles. The third-order valence-electron chi connectivity index (χ3n) is 3.40. The molecule has 4 heteroatoms.